The first-order valence-electron chi connectivity index (χ1n) is 15.3. The van der Waals surface area contributed by atoms with Gasteiger partial charge in [-0.1, -0.05) is 6.07 Å². The van der Waals surface area contributed by atoms with Gasteiger partial charge >= 0.3 is 0 Å². The smallest absolute Gasteiger partial charge is 0.255 e. The first-order valence-corrected chi connectivity index (χ1v) is 15.3. The number of rotatable bonds is 6. The number of ether oxygens (including phenoxy) is 2. The minimum absolute atomic E-state index is 0.0242. The van der Waals surface area contributed by atoms with Gasteiger partial charge < -0.3 is 23.8 Å². The average Bonchev–Trinajstić information content (AvgIpc) is 3.38. The molecule has 6 rings (SSSR count). The van der Waals surface area contributed by atoms with Crippen molar-refractivity contribution >= 4 is 17.7 Å². The number of aryl methyl sites for hydroxylation is 2. The summed E-state index contributed by atoms with van der Waals surface area (Å²) < 4.78 is 13.2. The largest absolute Gasteiger partial charge is 0.496 e. The minimum Gasteiger partial charge on any atom is -0.496 e. The predicted molar refractivity (Wildman–Crippen MR) is 171 cm³/mol. The van der Waals surface area contributed by atoms with Crippen LogP contribution in [0, 0.1) is 18.9 Å². The maximum Gasteiger partial charge on any atom is 0.255 e. The van der Waals surface area contributed by atoms with E-state index in [-0.39, 0.29) is 23.8 Å². The fourth-order valence-corrected chi connectivity index (χ4v) is 6.36. The van der Waals surface area contributed by atoms with E-state index < -0.39 is 11.9 Å². The summed E-state index contributed by atoms with van der Waals surface area (Å²) in [5.41, 5.74) is 5.58. The highest BCUT2D eigenvalue weighted by Crippen LogP contribution is 2.36. The van der Waals surface area contributed by atoms with Gasteiger partial charge in [0.1, 0.15) is 17.5 Å². The standard InChI is InChI=1S/C35H37N5O6/c1-22-15-26(19-37(2)34(22)43)25-17-30(45-3)28(31(18-25)46-4)21-39-13-11-38(12-14-39)10-9-23-5-6-24-20-40(35(44)27(24)16-23)29-7-8-32(41)36-33(29)42/h5-6,15-19,29H,7-8,11-14,20-21H2,1-4H3,(H,36,41,42). The zero-order chi connectivity index (χ0) is 32.5. The van der Waals surface area contributed by atoms with Gasteiger partial charge in [-0.25, -0.2) is 0 Å². The summed E-state index contributed by atoms with van der Waals surface area (Å²) >= 11 is 0. The molecular formula is C35H37N5O6. The van der Waals surface area contributed by atoms with Gasteiger partial charge in [0, 0.05) is 81.7 Å². The number of hydrogen-bond donors (Lipinski definition) is 1. The lowest BCUT2D eigenvalue weighted by atomic mass is 10.0. The zero-order valence-corrected chi connectivity index (χ0v) is 26.5. The summed E-state index contributed by atoms with van der Waals surface area (Å²) in [4.78, 5) is 55.2. The van der Waals surface area contributed by atoms with E-state index in [0.717, 1.165) is 65.5 Å². The van der Waals surface area contributed by atoms with Crippen molar-refractivity contribution in [3.8, 4) is 34.6 Å². The predicted octanol–water partition coefficient (Wildman–Crippen LogP) is 2.27. The lowest BCUT2D eigenvalue weighted by Gasteiger charge is -2.33. The van der Waals surface area contributed by atoms with Crippen molar-refractivity contribution in [1.82, 2.24) is 24.6 Å². The number of carbonyl (C=O) groups excluding carboxylic acids is 3. The van der Waals surface area contributed by atoms with Crippen LogP contribution in [0.25, 0.3) is 11.1 Å². The van der Waals surface area contributed by atoms with Gasteiger partial charge in [0.15, 0.2) is 0 Å². The summed E-state index contributed by atoms with van der Waals surface area (Å²) in [7, 11) is 5.05. The number of imide groups is 1. The number of nitrogens with one attached hydrogen (secondary N) is 1. The Hall–Kier alpha value is -5.08. The minimum atomic E-state index is -0.633. The second-order valence-electron chi connectivity index (χ2n) is 12.0. The van der Waals surface area contributed by atoms with Gasteiger partial charge in [0.25, 0.3) is 11.5 Å². The highest BCUT2D eigenvalue weighted by Gasteiger charge is 2.39. The molecule has 0 bridgehead atoms. The van der Waals surface area contributed by atoms with E-state index in [0.29, 0.717) is 30.6 Å². The van der Waals surface area contributed by atoms with E-state index in [4.69, 9.17) is 9.47 Å². The van der Waals surface area contributed by atoms with Crippen LogP contribution in [-0.4, -0.2) is 83.4 Å². The highest BCUT2D eigenvalue weighted by molar-refractivity contribution is 6.05. The number of benzene rings is 2. The Balaban J connectivity index is 1.10. The van der Waals surface area contributed by atoms with Gasteiger partial charge in [-0.3, -0.25) is 29.4 Å². The summed E-state index contributed by atoms with van der Waals surface area (Å²) in [5.74, 6) is 3.75. The molecule has 11 nitrogen and oxygen atoms in total. The molecule has 238 valence electrons. The maximum atomic E-state index is 13.2. The quantitative estimate of drug-likeness (QED) is 0.329. The Morgan fingerprint density at radius 2 is 1.65 bits per heavy atom. The Kier molecular flexibility index (Phi) is 8.56. The number of methoxy groups -OCH3 is 2. The van der Waals surface area contributed by atoms with Crippen molar-refractivity contribution in [1.29, 1.82) is 0 Å². The fraction of sp³-hybridized carbons (Fsp3) is 0.371. The van der Waals surface area contributed by atoms with Crippen molar-refractivity contribution in [2.75, 3.05) is 40.4 Å². The molecule has 4 heterocycles. The number of piperidine rings is 1. The van der Waals surface area contributed by atoms with Crippen LogP contribution in [0.5, 0.6) is 11.5 Å². The molecule has 0 aliphatic carbocycles. The molecule has 3 aliphatic heterocycles. The van der Waals surface area contributed by atoms with Crippen LogP contribution in [0.4, 0.5) is 0 Å². The zero-order valence-electron chi connectivity index (χ0n) is 26.5. The number of nitrogens with zero attached hydrogens (tertiary/aromatic N) is 4. The summed E-state index contributed by atoms with van der Waals surface area (Å²) in [5, 5.41) is 2.34. The van der Waals surface area contributed by atoms with E-state index in [1.807, 2.05) is 43.5 Å². The number of amides is 3. The topological polar surface area (TPSA) is 113 Å². The Labute approximate surface area is 267 Å². The molecule has 11 heteroatoms. The van der Waals surface area contributed by atoms with Crippen LogP contribution in [0.3, 0.4) is 0 Å². The number of aromatic nitrogens is 1. The van der Waals surface area contributed by atoms with Gasteiger partial charge in [-0.05, 0) is 66.3 Å². The van der Waals surface area contributed by atoms with Crippen molar-refractivity contribution in [2.45, 2.75) is 38.9 Å². The van der Waals surface area contributed by atoms with Crippen molar-refractivity contribution < 1.29 is 23.9 Å². The van der Waals surface area contributed by atoms with Crippen molar-refractivity contribution in [3.63, 3.8) is 0 Å². The molecule has 0 spiro atoms. The van der Waals surface area contributed by atoms with E-state index in [9.17, 15) is 19.2 Å². The molecule has 0 radical (unpaired) electrons. The molecule has 0 saturated carbocycles. The number of carbonyl (C=O) groups is 3. The third kappa shape index (κ3) is 6.08. The van der Waals surface area contributed by atoms with Crippen LogP contribution in [0.1, 0.15) is 45.5 Å². The molecule has 2 aromatic carbocycles. The van der Waals surface area contributed by atoms with Crippen LogP contribution < -0.4 is 20.3 Å². The van der Waals surface area contributed by atoms with Crippen LogP contribution in [-0.2, 0) is 29.7 Å². The SMILES string of the molecule is COc1cc(-c2cc(C)c(=O)n(C)c2)cc(OC)c1CN1CCN(C#Cc2ccc3c(c2)C(=O)N(C2CCC(=O)NC2=O)C3)CC1. The molecule has 1 atom stereocenters. The van der Waals surface area contributed by atoms with Gasteiger partial charge in [-0.2, -0.15) is 0 Å². The second-order valence-corrected chi connectivity index (χ2v) is 12.0. The second kappa shape index (κ2) is 12.7. The summed E-state index contributed by atoms with van der Waals surface area (Å²) in [6.07, 6.45) is 2.39. The van der Waals surface area contributed by atoms with Gasteiger partial charge in [-0.15, -0.1) is 0 Å². The number of fused-ring (bicyclic) bond motifs is 1. The van der Waals surface area contributed by atoms with Crippen LogP contribution in [0.15, 0.2) is 47.4 Å². The molecule has 2 fully saturated rings. The van der Waals surface area contributed by atoms with Crippen LogP contribution in [0.2, 0.25) is 0 Å². The molecule has 3 aromatic rings. The normalized spacial score (nSPS) is 18.2. The lowest BCUT2D eigenvalue weighted by molar-refractivity contribution is -0.136. The number of pyridine rings is 1. The van der Waals surface area contributed by atoms with Crippen LogP contribution >= 0.6 is 0 Å². The molecular weight excluding hydrogens is 586 g/mol. The number of hydrogen-bond acceptors (Lipinski definition) is 8. The molecule has 3 aliphatic rings. The highest BCUT2D eigenvalue weighted by atomic mass is 16.5. The van der Waals surface area contributed by atoms with Crippen molar-refractivity contribution in [3.05, 3.63) is 80.8 Å². The Morgan fingerprint density at radius 3 is 2.30 bits per heavy atom. The van der Waals surface area contributed by atoms with Gasteiger partial charge in [0.05, 0.1) is 19.8 Å². The van der Waals surface area contributed by atoms with Gasteiger partial charge in [0.2, 0.25) is 11.8 Å². The van der Waals surface area contributed by atoms with E-state index >= 15 is 0 Å². The molecule has 1 aromatic heterocycles. The fourth-order valence-electron chi connectivity index (χ4n) is 6.36. The Bertz CT molecular complexity index is 1790. The van der Waals surface area contributed by atoms with E-state index in [1.165, 1.54) is 0 Å². The molecule has 1 unspecified atom stereocenters. The van der Waals surface area contributed by atoms with Crippen molar-refractivity contribution in [2.24, 2.45) is 7.05 Å². The third-order valence-electron chi connectivity index (χ3n) is 8.94. The summed E-state index contributed by atoms with van der Waals surface area (Å²) in [6.45, 7) is 5.90. The molecule has 3 amide bonds. The average molecular weight is 624 g/mol. The first kappa shape index (κ1) is 30.9. The maximum absolute atomic E-state index is 13.2. The molecule has 2 saturated heterocycles. The molecule has 1 N–H and O–H groups in total. The first-order chi connectivity index (χ1) is 22.1. The molecule has 46 heavy (non-hydrogen) atoms. The monoisotopic (exact) mass is 623 g/mol. The third-order valence-corrected chi connectivity index (χ3v) is 8.94. The van der Waals surface area contributed by atoms with E-state index in [2.05, 4.69) is 27.1 Å². The Morgan fingerprint density at radius 1 is 0.935 bits per heavy atom. The van der Waals surface area contributed by atoms with E-state index in [1.54, 1.807) is 36.8 Å². The number of piperazine rings is 1. The summed E-state index contributed by atoms with van der Waals surface area (Å²) in [6, 6.07) is 14.1. The lowest BCUT2D eigenvalue weighted by Crippen LogP contribution is -2.52.